The maximum Gasteiger partial charge on any atom is 0.500 e. The molecule has 0 saturated heterocycles. The molecule has 0 heterocycles. The van der Waals surface area contributed by atoms with E-state index in [-0.39, 0.29) is 0 Å². The highest BCUT2D eigenvalue weighted by molar-refractivity contribution is 6.60. The van der Waals surface area contributed by atoms with Crippen LogP contribution in [0.5, 0.6) is 0 Å². The van der Waals surface area contributed by atoms with Crippen LogP contribution in [0.3, 0.4) is 0 Å². The first-order chi connectivity index (χ1) is 10.6. The molecule has 126 valence electrons. The van der Waals surface area contributed by atoms with E-state index in [0.717, 1.165) is 32.1 Å². The second-order valence-corrected chi connectivity index (χ2v) is 8.34. The number of hydrazine groups is 1. The van der Waals surface area contributed by atoms with E-state index in [1.54, 1.807) is 21.3 Å². The van der Waals surface area contributed by atoms with Gasteiger partial charge in [0.15, 0.2) is 0 Å². The Morgan fingerprint density at radius 1 is 1.00 bits per heavy atom. The van der Waals surface area contributed by atoms with Crippen LogP contribution in [-0.2, 0) is 19.8 Å². The first kappa shape index (κ1) is 19.3. The van der Waals surface area contributed by atoms with Gasteiger partial charge in [-0.05, 0) is 12.0 Å². The van der Waals surface area contributed by atoms with Crippen LogP contribution >= 0.6 is 0 Å². The summed E-state index contributed by atoms with van der Waals surface area (Å²) < 4.78 is 16.4. The molecule has 0 amide bonds. The highest BCUT2D eigenvalue weighted by Crippen LogP contribution is 2.16. The summed E-state index contributed by atoms with van der Waals surface area (Å²) in [5, 5.41) is 4.61. The molecule has 0 saturated carbocycles. The highest BCUT2D eigenvalue weighted by Gasteiger charge is 2.37. The van der Waals surface area contributed by atoms with Gasteiger partial charge in [0.05, 0.1) is 0 Å². The van der Waals surface area contributed by atoms with Crippen molar-refractivity contribution in [1.82, 2.24) is 10.0 Å². The van der Waals surface area contributed by atoms with Crippen molar-refractivity contribution in [2.45, 2.75) is 25.9 Å². The molecule has 0 radical (unpaired) electrons. The molecule has 0 aliphatic rings. The Bertz CT molecular complexity index is 393. The first-order valence-electron chi connectivity index (χ1n) is 7.76. The summed E-state index contributed by atoms with van der Waals surface area (Å²) in [5.41, 5.74) is 1.32. The maximum absolute atomic E-state index is 5.47. The number of benzene rings is 1. The monoisotopic (exact) mass is 326 g/mol. The van der Waals surface area contributed by atoms with Gasteiger partial charge >= 0.3 is 8.80 Å². The van der Waals surface area contributed by atoms with E-state index in [1.165, 1.54) is 5.56 Å². The summed E-state index contributed by atoms with van der Waals surface area (Å²) in [6.07, 6.45) is 0.981. The van der Waals surface area contributed by atoms with Gasteiger partial charge in [-0.1, -0.05) is 37.3 Å². The molecular formula is C16H30N2O3Si. The van der Waals surface area contributed by atoms with Crippen molar-refractivity contribution < 1.29 is 13.3 Å². The fourth-order valence-electron chi connectivity index (χ4n) is 2.55. The van der Waals surface area contributed by atoms with Crippen molar-refractivity contribution in [2.24, 2.45) is 0 Å². The number of nitrogens with zero attached hydrogens (tertiary/aromatic N) is 2. The van der Waals surface area contributed by atoms with Crippen LogP contribution in [-0.4, -0.2) is 60.3 Å². The third-order valence-corrected chi connectivity index (χ3v) is 6.77. The molecule has 22 heavy (non-hydrogen) atoms. The summed E-state index contributed by atoms with van der Waals surface area (Å²) in [5.74, 6) is 0. The first-order valence-corrected chi connectivity index (χ1v) is 9.69. The summed E-state index contributed by atoms with van der Waals surface area (Å²) >= 11 is 0. The molecule has 0 atom stereocenters. The lowest BCUT2D eigenvalue weighted by Crippen LogP contribution is -2.44. The summed E-state index contributed by atoms with van der Waals surface area (Å²) in [7, 11) is 4.67. The number of hydrogen-bond donors (Lipinski definition) is 0. The van der Waals surface area contributed by atoms with E-state index in [4.69, 9.17) is 13.3 Å². The summed E-state index contributed by atoms with van der Waals surface area (Å²) in [4.78, 5) is 0. The molecule has 6 heteroatoms. The predicted octanol–water partition coefficient (Wildman–Crippen LogP) is 2.62. The third-order valence-electron chi connectivity index (χ3n) is 3.93. The van der Waals surface area contributed by atoms with Crippen molar-refractivity contribution in [3.05, 3.63) is 35.9 Å². The van der Waals surface area contributed by atoms with Crippen LogP contribution in [0.4, 0.5) is 0 Å². The molecule has 0 fully saturated rings. The van der Waals surface area contributed by atoms with Crippen molar-refractivity contribution in [3.63, 3.8) is 0 Å². The van der Waals surface area contributed by atoms with Crippen molar-refractivity contribution in [3.8, 4) is 0 Å². The second-order valence-electron chi connectivity index (χ2n) is 5.25. The Labute approximate surface area is 136 Å². The van der Waals surface area contributed by atoms with Gasteiger partial charge in [-0.15, -0.1) is 0 Å². The molecule has 0 aliphatic heterocycles. The molecule has 1 aromatic rings. The standard InChI is InChI=1S/C16H30N2O3Si/c1-6-18(13-10-14-22(19-3,20-4)21-5)17(2)15-16-11-8-7-9-12-16/h7-9,11-12H,6,10,13-15H2,1-5H3. The Balaban J connectivity index is 2.47. The molecule has 5 nitrogen and oxygen atoms in total. The van der Waals surface area contributed by atoms with Gasteiger partial charge in [-0.25, -0.2) is 10.0 Å². The topological polar surface area (TPSA) is 34.2 Å². The van der Waals surface area contributed by atoms with E-state index in [9.17, 15) is 0 Å². The van der Waals surface area contributed by atoms with E-state index >= 15 is 0 Å². The van der Waals surface area contributed by atoms with Gasteiger partial charge in [0, 0.05) is 54.1 Å². The van der Waals surface area contributed by atoms with E-state index in [1.807, 2.05) is 6.07 Å². The zero-order valence-corrected chi connectivity index (χ0v) is 15.5. The smallest absolute Gasteiger partial charge is 0.377 e. The van der Waals surface area contributed by atoms with Gasteiger partial charge in [0.25, 0.3) is 0 Å². The Hall–Kier alpha value is -0.763. The Morgan fingerprint density at radius 3 is 2.09 bits per heavy atom. The minimum Gasteiger partial charge on any atom is -0.377 e. The molecule has 1 aromatic carbocycles. The van der Waals surface area contributed by atoms with Crippen molar-refractivity contribution in [1.29, 1.82) is 0 Å². The lowest BCUT2D eigenvalue weighted by Gasteiger charge is -2.32. The molecule has 0 aliphatic carbocycles. The van der Waals surface area contributed by atoms with Gasteiger partial charge in [0.1, 0.15) is 0 Å². The Morgan fingerprint density at radius 2 is 1.59 bits per heavy atom. The molecule has 0 N–H and O–H groups in total. The van der Waals surface area contributed by atoms with Gasteiger partial charge < -0.3 is 13.3 Å². The van der Waals surface area contributed by atoms with Crippen LogP contribution in [0.2, 0.25) is 6.04 Å². The molecule has 0 unspecified atom stereocenters. The molecular weight excluding hydrogens is 296 g/mol. The van der Waals surface area contributed by atoms with Crippen molar-refractivity contribution >= 4 is 8.80 Å². The van der Waals surface area contributed by atoms with Crippen LogP contribution in [0.15, 0.2) is 30.3 Å². The fraction of sp³-hybridized carbons (Fsp3) is 0.625. The highest BCUT2D eigenvalue weighted by atomic mass is 28.4. The van der Waals surface area contributed by atoms with E-state index in [0.29, 0.717) is 0 Å². The largest absolute Gasteiger partial charge is 0.500 e. The van der Waals surface area contributed by atoms with Gasteiger partial charge in [-0.3, -0.25) is 0 Å². The normalized spacial score (nSPS) is 12.3. The minimum absolute atomic E-state index is 0.826. The molecule has 1 rings (SSSR count). The quantitative estimate of drug-likeness (QED) is 0.461. The van der Waals surface area contributed by atoms with E-state index < -0.39 is 8.80 Å². The maximum atomic E-state index is 5.47. The average Bonchev–Trinajstić information content (AvgIpc) is 2.56. The van der Waals surface area contributed by atoms with Crippen molar-refractivity contribution in [2.75, 3.05) is 41.5 Å². The summed E-state index contributed by atoms with van der Waals surface area (Å²) in [6, 6.07) is 11.3. The van der Waals surface area contributed by atoms with Gasteiger partial charge in [0.2, 0.25) is 0 Å². The van der Waals surface area contributed by atoms with Gasteiger partial charge in [-0.2, -0.15) is 0 Å². The minimum atomic E-state index is -2.45. The molecule has 0 aromatic heterocycles. The average molecular weight is 327 g/mol. The fourth-order valence-corrected chi connectivity index (χ4v) is 4.26. The zero-order valence-electron chi connectivity index (χ0n) is 14.5. The predicted molar refractivity (Wildman–Crippen MR) is 91.4 cm³/mol. The molecule has 0 spiro atoms. The zero-order chi connectivity index (χ0) is 16.4. The van der Waals surface area contributed by atoms with E-state index in [2.05, 4.69) is 48.3 Å². The third kappa shape index (κ3) is 5.79. The number of hydrogen-bond acceptors (Lipinski definition) is 5. The summed E-state index contributed by atoms with van der Waals surface area (Å²) in [6.45, 7) is 5.03. The molecule has 0 bridgehead atoms. The van der Waals surface area contributed by atoms with Crippen LogP contribution < -0.4 is 0 Å². The van der Waals surface area contributed by atoms with Crippen LogP contribution in [0.25, 0.3) is 0 Å². The lowest BCUT2D eigenvalue weighted by molar-refractivity contribution is -0.00439. The SMILES string of the molecule is CCN(CCC[Si](OC)(OC)OC)N(C)Cc1ccccc1. The number of rotatable bonds is 11. The van der Waals surface area contributed by atoms with Crippen LogP contribution in [0, 0.1) is 0 Å². The van der Waals surface area contributed by atoms with Crippen LogP contribution in [0.1, 0.15) is 18.9 Å². The lowest BCUT2D eigenvalue weighted by atomic mass is 10.2. The second kappa shape index (κ2) is 10.1. The Kier molecular flexibility index (Phi) is 8.85.